The number of aliphatic carboxylic acids is 1. The molecular weight excluding hydrogens is 286 g/mol. The molecule has 0 bridgehead atoms. The van der Waals surface area contributed by atoms with Gasteiger partial charge in [-0.25, -0.2) is 0 Å². The van der Waals surface area contributed by atoms with E-state index in [4.69, 9.17) is 5.11 Å². The molecule has 0 heterocycles. The Labute approximate surface area is 130 Å². The Morgan fingerprint density at radius 2 is 1.86 bits per heavy atom. The maximum Gasteiger partial charge on any atom is 0.303 e. The van der Waals surface area contributed by atoms with Crippen LogP contribution in [0.25, 0.3) is 0 Å². The number of hydrogen-bond acceptors (Lipinski definition) is 3. The maximum absolute atomic E-state index is 11.7. The number of carbonyl (C=O) groups is 2. The van der Waals surface area contributed by atoms with E-state index in [0.717, 1.165) is 24.2 Å². The van der Waals surface area contributed by atoms with Gasteiger partial charge in [0.05, 0.1) is 5.75 Å². The predicted molar refractivity (Wildman–Crippen MR) is 85.6 cm³/mol. The molecule has 0 saturated heterocycles. The molecule has 1 aromatic carbocycles. The van der Waals surface area contributed by atoms with E-state index in [2.05, 4.69) is 5.32 Å². The Morgan fingerprint density at radius 1 is 1.14 bits per heavy atom. The number of carboxylic acid groups (broad SMARTS) is 1. The number of rotatable bonds is 10. The first-order valence-corrected chi connectivity index (χ1v) is 8.25. The topological polar surface area (TPSA) is 66.4 Å². The van der Waals surface area contributed by atoms with Gasteiger partial charge in [0.25, 0.3) is 0 Å². The lowest BCUT2D eigenvalue weighted by molar-refractivity contribution is -0.137. The summed E-state index contributed by atoms with van der Waals surface area (Å²) >= 11 is 1.55. The summed E-state index contributed by atoms with van der Waals surface area (Å²) in [6.45, 7) is 2.71. The van der Waals surface area contributed by atoms with Crippen LogP contribution < -0.4 is 5.32 Å². The largest absolute Gasteiger partial charge is 0.481 e. The van der Waals surface area contributed by atoms with Crippen molar-refractivity contribution in [1.82, 2.24) is 5.32 Å². The molecule has 1 amide bonds. The lowest BCUT2D eigenvalue weighted by atomic mass is 10.1. The highest BCUT2D eigenvalue weighted by Gasteiger charge is 2.04. The van der Waals surface area contributed by atoms with Crippen LogP contribution in [0.3, 0.4) is 0 Å². The van der Waals surface area contributed by atoms with E-state index >= 15 is 0 Å². The third-order valence-corrected chi connectivity index (χ3v) is 4.27. The van der Waals surface area contributed by atoms with Crippen LogP contribution in [0.15, 0.2) is 29.2 Å². The normalized spacial score (nSPS) is 10.3. The van der Waals surface area contributed by atoms with Crippen LogP contribution in [0.2, 0.25) is 0 Å². The van der Waals surface area contributed by atoms with Crippen LogP contribution in [-0.2, 0) is 9.59 Å². The fraction of sp³-hybridized carbons (Fsp3) is 0.500. The van der Waals surface area contributed by atoms with Crippen LogP contribution in [-0.4, -0.2) is 29.3 Å². The van der Waals surface area contributed by atoms with Crippen molar-refractivity contribution < 1.29 is 14.7 Å². The Morgan fingerprint density at radius 3 is 2.57 bits per heavy atom. The van der Waals surface area contributed by atoms with Gasteiger partial charge in [-0.15, -0.1) is 11.8 Å². The van der Waals surface area contributed by atoms with Crippen molar-refractivity contribution in [3.05, 3.63) is 29.8 Å². The average molecular weight is 309 g/mol. The molecule has 1 aromatic rings. The Bertz CT molecular complexity index is 463. The standard InChI is InChI=1S/C16H23NO3S/c1-13-8-5-6-9-14(13)21-12-15(18)17-11-7-3-2-4-10-16(19)20/h5-6,8-9H,2-4,7,10-12H2,1H3,(H,17,18)(H,19,20). The summed E-state index contributed by atoms with van der Waals surface area (Å²) in [5, 5.41) is 11.4. The lowest BCUT2D eigenvalue weighted by Gasteiger charge is -2.06. The van der Waals surface area contributed by atoms with Gasteiger partial charge in [0, 0.05) is 17.9 Å². The van der Waals surface area contributed by atoms with E-state index in [-0.39, 0.29) is 12.3 Å². The van der Waals surface area contributed by atoms with E-state index in [1.165, 1.54) is 5.56 Å². The van der Waals surface area contributed by atoms with E-state index in [1.807, 2.05) is 31.2 Å². The molecule has 0 aromatic heterocycles. The summed E-state index contributed by atoms with van der Waals surface area (Å²) in [4.78, 5) is 23.2. The molecule has 0 atom stereocenters. The van der Waals surface area contributed by atoms with Crippen molar-refractivity contribution in [2.45, 2.75) is 43.9 Å². The Kier molecular flexibility index (Phi) is 8.59. The highest BCUT2D eigenvalue weighted by Crippen LogP contribution is 2.21. The van der Waals surface area contributed by atoms with E-state index in [9.17, 15) is 9.59 Å². The minimum absolute atomic E-state index is 0.0498. The molecule has 0 radical (unpaired) electrons. The number of aryl methyl sites for hydroxylation is 1. The van der Waals surface area contributed by atoms with Crippen molar-refractivity contribution in [1.29, 1.82) is 0 Å². The molecule has 21 heavy (non-hydrogen) atoms. The summed E-state index contributed by atoms with van der Waals surface area (Å²) in [6, 6.07) is 8.03. The van der Waals surface area contributed by atoms with Crippen LogP contribution in [0.1, 0.15) is 37.7 Å². The molecule has 0 aliphatic rings. The predicted octanol–water partition coefficient (Wildman–Crippen LogP) is 3.24. The van der Waals surface area contributed by atoms with Gasteiger partial charge in [-0.3, -0.25) is 9.59 Å². The maximum atomic E-state index is 11.7. The number of benzene rings is 1. The third-order valence-electron chi connectivity index (χ3n) is 3.09. The summed E-state index contributed by atoms with van der Waals surface area (Å²) in [5.74, 6) is -0.255. The Balaban J connectivity index is 2.04. The number of carboxylic acids is 1. The van der Waals surface area contributed by atoms with Gasteiger partial charge in [0.1, 0.15) is 0 Å². The van der Waals surface area contributed by atoms with Gasteiger partial charge in [-0.05, 0) is 31.4 Å². The molecule has 1 rings (SSSR count). The summed E-state index contributed by atoms with van der Waals surface area (Å²) < 4.78 is 0. The fourth-order valence-corrected chi connectivity index (χ4v) is 2.75. The molecule has 5 heteroatoms. The number of nitrogens with one attached hydrogen (secondary N) is 1. The lowest BCUT2D eigenvalue weighted by Crippen LogP contribution is -2.26. The summed E-state index contributed by atoms with van der Waals surface area (Å²) in [7, 11) is 0. The molecule has 0 aliphatic carbocycles. The van der Waals surface area contributed by atoms with Crippen molar-refractivity contribution in [3.63, 3.8) is 0 Å². The monoisotopic (exact) mass is 309 g/mol. The highest BCUT2D eigenvalue weighted by atomic mass is 32.2. The number of hydrogen-bond donors (Lipinski definition) is 2. The van der Waals surface area contributed by atoms with Crippen LogP contribution in [0, 0.1) is 6.92 Å². The second-order valence-electron chi connectivity index (χ2n) is 4.96. The molecule has 0 unspecified atom stereocenters. The molecule has 0 fully saturated rings. The zero-order chi connectivity index (χ0) is 15.5. The first-order valence-electron chi connectivity index (χ1n) is 7.26. The smallest absolute Gasteiger partial charge is 0.303 e. The van der Waals surface area contributed by atoms with Crippen LogP contribution in [0.4, 0.5) is 0 Å². The van der Waals surface area contributed by atoms with Gasteiger partial charge in [-0.1, -0.05) is 31.0 Å². The summed E-state index contributed by atoms with van der Waals surface area (Å²) in [5.41, 5.74) is 1.19. The van der Waals surface area contributed by atoms with Crippen molar-refractivity contribution in [2.24, 2.45) is 0 Å². The quantitative estimate of drug-likeness (QED) is 0.514. The molecule has 0 saturated carbocycles. The van der Waals surface area contributed by atoms with Crippen molar-refractivity contribution in [2.75, 3.05) is 12.3 Å². The zero-order valence-electron chi connectivity index (χ0n) is 12.4. The first-order chi connectivity index (χ1) is 10.1. The second-order valence-corrected chi connectivity index (χ2v) is 5.98. The minimum atomic E-state index is -0.739. The van der Waals surface area contributed by atoms with Crippen molar-refractivity contribution >= 4 is 23.6 Å². The zero-order valence-corrected chi connectivity index (χ0v) is 13.2. The SMILES string of the molecule is Cc1ccccc1SCC(=O)NCCCCCCC(=O)O. The third kappa shape index (κ3) is 8.40. The minimum Gasteiger partial charge on any atom is -0.481 e. The molecular formula is C16H23NO3S. The number of carbonyl (C=O) groups excluding carboxylic acids is 1. The number of amides is 1. The van der Waals surface area contributed by atoms with Gasteiger partial charge in [0.2, 0.25) is 5.91 Å². The number of unbranched alkanes of at least 4 members (excludes halogenated alkanes) is 3. The average Bonchev–Trinajstić information content (AvgIpc) is 2.45. The molecule has 2 N–H and O–H groups in total. The second kappa shape index (κ2) is 10.3. The first kappa shape index (κ1) is 17.6. The Hall–Kier alpha value is -1.49. The summed E-state index contributed by atoms with van der Waals surface area (Å²) in [6.07, 6.45) is 3.71. The van der Waals surface area contributed by atoms with Crippen LogP contribution in [0.5, 0.6) is 0 Å². The molecule has 0 aliphatic heterocycles. The molecule has 116 valence electrons. The number of thioether (sulfide) groups is 1. The van der Waals surface area contributed by atoms with E-state index in [0.29, 0.717) is 18.7 Å². The highest BCUT2D eigenvalue weighted by molar-refractivity contribution is 8.00. The van der Waals surface area contributed by atoms with E-state index in [1.54, 1.807) is 11.8 Å². The molecule has 0 spiro atoms. The van der Waals surface area contributed by atoms with Gasteiger partial charge in [-0.2, -0.15) is 0 Å². The van der Waals surface area contributed by atoms with Crippen LogP contribution >= 0.6 is 11.8 Å². The van der Waals surface area contributed by atoms with E-state index < -0.39 is 5.97 Å². The van der Waals surface area contributed by atoms with Crippen molar-refractivity contribution in [3.8, 4) is 0 Å². The molecule has 4 nitrogen and oxygen atoms in total. The van der Waals surface area contributed by atoms with Gasteiger partial charge in [0.15, 0.2) is 0 Å². The fourth-order valence-electron chi connectivity index (χ4n) is 1.90. The van der Waals surface area contributed by atoms with Gasteiger partial charge < -0.3 is 10.4 Å². The van der Waals surface area contributed by atoms with Gasteiger partial charge >= 0.3 is 5.97 Å².